The quantitative estimate of drug-likeness (QED) is 0.778. The molecule has 3 rings (SSSR count). The Hall–Kier alpha value is -2.60. The van der Waals surface area contributed by atoms with E-state index in [1.165, 1.54) is 18.2 Å². The maximum atomic E-state index is 13.6. The average Bonchev–Trinajstić information content (AvgIpc) is 2.82. The number of oxazole rings is 1. The van der Waals surface area contributed by atoms with E-state index in [9.17, 15) is 14.0 Å². The fourth-order valence-corrected chi connectivity index (χ4v) is 2.33. The number of hydrogen-bond donors (Lipinski definition) is 2. The van der Waals surface area contributed by atoms with Crippen molar-refractivity contribution < 1.29 is 13.6 Å². The molecule has 0 unspecified atom stereocenters. The van der Waals surface area contributed by atoms with Crippen LogP contribution >= 0.6 is 11.6 Å². The molecule has 0 atom stereocenters. The highest BCUT2D eigenvalue weighted by molar-refractivity contribution is 6.31. The Morgan fingerprint density at radius 1 is 1.32 bits per heavy atom. The standard InChI is InChI=1S/C15H10ClFN2O3/c16-10-2-1-3-11(17)9(10)7-14(20)18-8-4-5-13-12(6-8)19-15(21)22-13/h1-6H,7H2,(H,18,20)(H,19,21). The van der Waals surface area contributed by atoms with Crippen molar-refractivity contribution in [3.05, 3.63) is 63.4 Å². The Kier molecular flexibility index (Phi) is 3.68. The van der Waals surface area contributed by atoms with Gasteiger partial charge in [0.15, 0.2) is 5.58 Å². The number of carbonyl (C=O) groups excluding carboxylic acids is 1. The largest absolute Gasteiger partial charge is 0.417 e. The van der Waals surface area contributed by atoms with Crippen LogP contribution in [0.25, 0.3) is 11.1 Å². The zero-order valence-electron chi connectivity index (χ0n) is 11.2. The second-order valence-electron chi connectivity index (χ2n) is 4.65. The molecule has 2 N–H and O–H groups in total. The van der Waals surface area contributed by atoms with Crippen molar-refractivity contribution in [2.45, 2.75) is 6.42 Å². The van der Waals surface area contributed by atoms with Gasteiger partial charge in [0.1, 0.15) is 5.82 Å². The summed E-state index contributed by atoms with van der Waals surface area (Å²) in [4.78, 5) is 25.6. The van der Waals surface area contributed by atoms with E-state index in [1.807, 2.05) is 0 Å². The van der Waals surface area contributed by atoms with Gasteiger partial charge in [-0.1, -0.05) is 17.7 Å². The van der Waals surface area contributed by atoms with Crippen molar-refractivity contribution in [3.8, 4) is 0 Å². The summed E-state index contributed by atoms with van der Waals surface area (Å²) in [6.45, 7) is 0. The average molecular weight is 321 g/mol. The first kappa shape index (κ1) is 14.3. The number of halogens is 2. The Morgan fingerprint density at radius 2 is 2.14 bits per heavy atom. The van der Waals surface area contributed by atoms with E-state index in [4.69, 9.17) is 16.0 Å². The minimum atomic E-state index is -0.573. The molecule has 0 radical (unpaired) electrons. The minimum absolute atomic E-state index is 0.138. The molecule has 2 aromatic carbocycles. The maximum absolute atomic E-state index is 13.6. The zero-order valence-corrected chi connectivity index (χ0v) is 11.9. The molecular weight excluding hydrogens is 311 g/mol. The van der Waals surface area contributed by atoms with Crippen LogP contribution in [0.15, 0.2) is 45.6 Å². The third kappa shape index (κ3) is 2.87. The van der Waals surface area contributed by atoms with Gasteiger partial charge in [-0.05, 0) is 30.3 Å². The molecule has 1 amide bonds. The molecular formula is C15H10ClFN2O3. The molecule has 0 aliphatic heterocycles. The third-order valence-corrected chi connectivity index (χ3v) is 3.46. The number of carbonyl (C=O) groups is 1. The lowest BCUT2D eigenvalue weighted by Crippen LogP contribution is -2.15. The van der Waals surface area contributed by atoms with Gasteiger partial charge in [-0.2, -0.15) is 0 Å². The fourth-order valence-electron chi connectivity index (χ4n) is 2.10. The summed E-state index contributed by atoms with van der Waals surface area (Å²) in [5, 5.41) is 2.82. The highest BCUT2D eigenvalue weighted by Gasteiger charge is 2.12. The zero-order chi connectivity index (χ0) is 15.7. The molecule has 7 heteroatoms. The molecule has 22 heavy (non-hydrogen) atoms. The summed E-state index contributed by atoms with van der Waals surface area (Å²) in [7, 11) is 0. The second kappa shape index (κ2) is 5.65. The second-order valence-corrected chi connectivity index (χ2v) is 5.06. The summed E-state index contributed by atoms with van der Waals surface area (Å²) in [5.74, 6) is -1.52. The number of aromatic nitrogens is 1. The van der Waals surface area contributed by atoms with Crippen LogP contribution in [0.1, 0.15) is 5.56 Å². The van der Waals surface area contributed by atoms with Gasteiger partial charge in [0.2, 0.25) is 5.91 Å². The van der Waals surface area contributed by atoms with Crippen LogP contribution in [0.3, 0.4) is 0 Å². The Morgan fingerprint density at radius 3 is 2.91 bits per heavy atom. The van der Waals surface area contributed by atoms with E-state index in [1.54, 1.807) is 18.2 Å². The van der Waals surface area contributed by atoms with Gasteiger partial charge in [-0.3, -0.25) is 9.78 Å². The number of amides is 1. The van der Waals surface area contributed by atoms with Crippen molar-refractivity contribution >= 4 is 34.3 Å². The van der Waals surface area contributed by atoms with Crippen LogP contribution in [0.4, 0.5) is 10.1 Å². The summed E-state index contributed by atoms with van der Waals surface area (Å²) in [6.07, 6.45) is -0.189. The number of hydrogen-bond acceptors (Lipinski definition) is 3. The van der Waals surface area contributed by atoms with Crippen LogP contribution in [0.5, 0.6) is 0 Å². The number of fused-ring (bicyclic) bond motifs is 1. The van der Waals surface area contributed by atoms with E-state index in [2.05, 4.69) is 10.3 Å². The topological polar surface area (TPSA) is 75.1 Å². The number of rotatable bonds is 3. The van der Waals surface area contributed by atoms with E-state index < -0.39 is 17.5 Å². The molecule has 0 saturated carbocycles. The van der Waals surface area contributed by atoms with E-state index in [-0.39, 0.29) is 17.0 Å². The SMILES string of the molecule is O=C(Cc1c(F)cccc1Cl)Nc1ccc2oc(=O)[nH]c2c1. The molecule has 112 valence electrons. The molecule has 0 saturated heterocycles. The smallest absolute Gasteiger partial charge is 0.408 e. The predicted molar refractivity (Wildman–Crippen MR) is 80.6 cm³/mol. The van der Waals surface area contributed by atoms with E-state index in [0.29, 0.717) is 16.8 Å². The highest BCUT2D eigenvalue weighted by atomic mass is 35.5. The van der Waals surface area contributed by atoms with Gasteiger partial charge in [0.05, 0.1) is 11.9 Å². The van der Waals surface area contributed by atoms with Gasteiger partial charge in [-0.15, -0.1) is 0 Å². The number of nitrogens with one attached hydrogen (secondary N) is 2. The van der Waals surface area contributed by atoms with Gasteiger partial charge in [0.25, 0.3) is 0 Å². The molecule has 1 aromatic heterocycles. The summed E-state index contributed by atoms with van der Waals surface area (Å²) >= 11 is 5.89. The van der Waals surface area contributed by atoms with Crippen LogP contribution in [-0.4, -0.2) is 10.9 Å². The first-order chi connectivity index (χ1) is 10.5. The summed E-state index contributed by atoms with van der Waals surface area (Å²) in [6, 6.07) is 8.94. The lowest BCUT2D eigenvalue weighted by molar-refractivity contribution is -0.115. The highest BCUT2D eigenvalue weighted by Crippen LogP contribution is 2.21. The van der Waals surface area contributed by atoms with Gasteiger partial charge in [-0.25, -0.2) is 9.18 Å². The number of H-pyrrole nitrogens is 1. The summed E-state index contributed by atoms with van der Waals surface area (Å²) in [5.41, 5.74) is 1.45. The van der Waals surface area contributed by atoms with Gasteiger partial charge < -0.3 is 9.73 Å². The number of benzene rings is 2. The van der Waals surface area contributed by atoms with Gasteiger partial charge in [0, 0.05) is 16.3 Å². The predicted octanol–water partition coefficient (Wildman–Crippen LogP) is 3.09. The first-order valence-electron chi connectivity index (χ1n) is 6.38. The van der Waals surface area contributed by atoms with Crippen molar-refractivity contribution in [3.63, 3.8) is 0 Å². The molecule has 0 spiro atoms. The molecule has 0 aliphatic rings. The number of aromatic amines is 1. The van der Waals surface area contributed by atoms with E-state index in [0.717, 1.165) is 0 Å². The number of anilines is 1. The monoisotopic (exact) mass is 320 g/mol. The summed E-state index contributed by atoms with van der Waals surface area (Å²) < 4.78 is 18.5. The molecule has 0 bridgehead atoms. The maximum Gasteiger partial charge on any atom is 0.417 e. The lowest BCUT2D eigenvalue weighted by atomic mass is 10.1. The Labute approximate surface area is 128 Å². The van der Waals surface area contributed by atoms with Crippen molar-refractivity contribution in [2.75, 3.05) is 5.32 Å². The third-order valence-electron chi connectivity index (χ3n) is 3.10. The Bertz CT molecular complexity index is 896. The van der Waals surface area contributed by atoms with Gasteiger partial charge >= 0.3 is 5.76 Å². The first-order valence-corrected chi connectivity index (χ1v) is 6.76. The van der Waals surface area contributed by atoms with Crippen LogP contribution in [0.2, 0.25) is 5.02 Å². The lowest BCUT2D eigenvalue weighted by Gasteiger charge is -2.07. The molecule has 0 aliphatic carbocycles. The van der Waals surface area contributed by atoms with Crippen molar-refractivity contribution in [1.82, 2.24) is 4.98 Å². The molecule has 1 heterocycles. The minimum Gasteiger partial charge on any atom is -0.408 e. The van der Waals surface area contributed by atoms with Crippen LogP contribution in [0, 0.1) is 5.82 Å². The van der Waals surface area contributed by atoms with E-state index >= 15 is 0 Å². The van der Waals surface area contributed by atoms with Crippen molar-refractivity contribution in [2.24, 2.45) is 0 Å². The molecule has 3 aromatic rings. The Balaban J connectivity index is 1.79. The molecule has 5 nitrogen and oxygen atoms in total. The fraction of sp³-hybridized carbons (Fsp3) is 0.0667. The molecule has 0 fully saturated rings. The van der Waals surface area contributed by atoms with Crippen LogP contribution in [-0.2, 0) is 11.2 Å². The normalized spacial score (nSPS) is 10.8. The van der Waals surface area contributed by atoms with Crippen LogP contribution < -0.4 is 11.1 Å². The van der Waals surface area contributed by atoms with Crippen molar-refractivity contribution in [1.29, 1.82) is 0 Å².